The molecule has 26 heavy (non-hydrogen) atoms. The van der Waals surface area contributed by atoms with Gasteiger partial charge >= 0.3 is 0 Å². The maximum Gasteiger partial charge on any atom is 0.220 e. The molecule has 0 radical (unpaired) electrons. The van der Waals surface area contributed by atoms with Crippen molar-refractivity contribution < 1.29 is 9.53 Å². The van der Waals surface area contributed by atoms with Crippen LogP contribution in [0.15, 0.2) is 24.3 Å². The van der Waals surface area contributed by atoms with Gasteiger partial charge in [-0.1, -0.05) is 29.8 Å². The van der Waals surface area contributed by atoms with Crippen LogP contribution < -0.4 is 5.32 Å². The number of hydrogen-bond acceptors (Lipinski definition) is 3. The molecule has 1 heterocycles. The maximum atomic E-state index is 12.6. The Bertz CT molecular complexity index is 589. The molecule has 1 aliphatic heterocycles. The maximum absolute atomic E-state index is 12.6. The van der Waals surface area contributed by atoms with Gasteiger partial charge in [-0.05, 0) is 55.9 Å². The highest BCUT2D eigenvalue weighted by atomic mass is 16.5. The molecule has 142 valence electrons. The number of carbonyl (C=O) groups is 1. The van der Waals surface area contributed by atoms with Crippen LogP contribution in [-0.2, 0) is 9.53 Å². The second-order valence-electron chi connectivity index (χ2n) is 8.42. The first-order chi connectivity index (χ1) is 12.7. The number of nitrogens with zero attached hydrogens (tertiary/aromatic N) is 1. The average molecular weight is 357 g/mol. The molecule has 2 aliphatic carbocycles. The normalized spacial score (nSPS) is 22.4. The van der Waals surface area contributed by atoms with Gasteiger partial charge in [0.1, 0.15) is 0 Å². The van der Waals surface area contributed by atoms with E-state index in [0.29, 0.717) is 12.5 Å². The van der Waals surface area contributed by atoms with E-state index in [1.807, 2.05) is 0 Å². The first kappa shape index (κ1) is 18.0. The number of amides is 1. The van der Waals surface area contributed by atoms with Crippen molar-refractivity contribution in [1.82, 2.24) is 10.2 Å². The van der Waals surface area contributed by atoms with Crippen LogP contribution in [-0.4, -0.2) is 43.7 Å². The lowest BCUT2D eigenvalue weighted by molar-refractivity contribution is -0.122. The zero-order valence-electron chi connectivity index (χ0n) is 16.0. The molecule has 3 aliphatic rings. The van der Waals surface area contributed by atoms with Gasteiger partial charge in [-0.2, -0.15) is 0 Å². The predicted molar refractivity (Wildman–Crippen MR) is 103 cm³/mol. The van der Waals surface area contributed by atoms with Crippen LogP contribution in [0.1, 0.15) is 49.3 Å². The van der Waals surface area contributed by atoms with Crippen molar-refractivity contribution >= 4 is 5.91 Å². The van der Waals surface area contributed by atoms with E-state index in [-0.39, 0.29) is 11.9 Å². The molecule has 4 rings (SSSR count). The summed E-state index contributed by atoms with van der Waals surface area (Å²) in [6.07, 6.45) is 6.10. The van der Waals surface area contributed by atoms with Crippen molar-refractivity contribution in [2.45, 2.75) is 45.1 Å². The summed E-state index contributed by atoms with van der Waals surface area (Å²) in [7, 11) is 0. The van der Waals surface area contributed by atoms with E-state index in [2.05, 4.69) is 41.4 Å². The first-order valence-electron chi connectivity index (χ1n) is 10.4. The van der Waals surface area contributed by atoms with E-state index in [1.165, 1.54) is 36.8 Å². The summed E-state index contributed by atoms with van der Waals surface area (Å²) in [4.78, 5) is 15.1. The standard InChI is InChI=1S/C22H32N2O2/c1-16-2-4-19(5-3-16)21(24-10-12-26-13-11-24)15-23-22(25)14-20(17-6-7-17)18-8-9-18/h2-5,17-18,20-21H,6-15H2,1H3,(H,23,25). The predicted octanol–water partition coefficient (Wildman–Crippen LogP) is 3.31. The van der Waals surface area contributed by atoms with Crippen LogP contribution in [0.4, 0.5) is 0 Å². The highest BCUT2D eigenvalue weighted by Crippen LogP contribution is 2.50. The fourth-order valence-corrected chi connectivity index (χ4v) is 4.40. The first-order valence-corrected chi connectivity index (χ1v) is 10.4. The molecule has 1 N–H and O–H groups in total. The van der Waals surface area contributed by atoms with Gasteiger partial charge in [0.05, 0.1) is 19.3 Å². The van der Waals surface area contributed by atoms with Crippen molar-refractivity contribution in [2.24, 2.45) is 17.8 Å². The van der Waals surface area contributed by atoms with Crippen LogP contribution in [0.5, 0.6) is 0 Å². The van der Waals surface area contributed by atoms with Gasteiger partial charge in [-0.25, -0.2) is 0 Å². The topological polar surface area (TPSA) is 41.6 Å². The van der Waals surface area contributed by atoms with Crippen molar-refractivity contribution in [2.75, 3.05) is 32.8 Å². The van der Waals surface area contributed by atoms with Crippen LogP contribution in [0, 0.1) is 24.7 Å². The zero-order chi connectivity index (χ0) is 17.9. The van der Waals surface area contributed by atoms with Crippen LogP contribution in [0.3, 0.4) is 0 Å². The summed E-state index contributed by atoms with van der Waals surface area (Å²) < 4.78 is 5.52. The molecule has 1 atom stereocenters. The number of nitrogens with one attached hydrogen (secondary N) is 1. The van der Waals surface area contributed by atoms with Gasteiger partial charge in [0.2, 0.25) is 5.91 Å². The molecule has 1 unspecified atom stereocenters. The number of ether oxygens (including phenoxy) is 1. The largest absolute Gasteiger partial charge is 0.379 e. The van der Waals surface area contributed by atoms with E-state index >= 15 is 0 Å². The van der Waals surface area contributed by atoms with Gasteiger partial charge in [-0.15, -0.1) is 0 Å². The van der Waals surface area contributed by atoms with Crippen molar-refractivity contribution in [3.05, 3.63) is 35.4 Å². The monoisotopic (exact) mass is 356 g/mol. The molecular weight excluding hydrogens is 324 g/mol. The molecule has 0 aromatic heterocycles. The van der Waals surface area contributed by atoms with E-state index in [0.717, 1.165) is 44.6 Å². The van der Waals surface area contributed by atoms with E-state index in [1.54, 1.807) is 0 Å². The van der Waals surface area contributed by atoms with Crippen LogP contribution in [0.2, 0.25) is 0 Å². The summed E-state index contributed by atoms with van der Waals surface area (Å²) in [5.74, 6) is 2.57. The molecule has 4 heteroatoms. The molecular formula is C22H32N2O2. The Morgan fingerprint density at radius 1 is 1.12 bits per heavy atom. The third-order valence-corrected chi connectivity index (χ3v) is 6.32. The summed E-state index contributed by atoms with van der Waals surface area (Å²) in [6.45, 7) is 6.24. The highest BCUT2D eigenvalue weighted by Gasteiger charge is 2.42. The van der Waals surface area contributed by atoms with Crippen molar-refractivity contribution in [3.8, 4) is 0 Å². The third-order valence-electron chi connectivity index (χ3n) is 6.32. The fourth-order valence-electron chi connectivity index (χ4n) is 4.40. The second-order valence-corrected chi connectivity index (χ2v) is 8.42. The van der Waals surface area contributed by atoms with Crippen molar-refractivity contribution in [1.29, 1.82) is 0 Å². The highest BCUT2D eigenvalue weighted by molar-refractivity contribution is 5.76. The molecule has 4 nitrogen and oxygen atoms in total. The van der Waals surface area contributed by atoms with Crippen molar-refractivity contribution in [3.63, 3.8) is 0 Å². The quantitative estimate of drug-likeness (QED) is 0.777. The van der Waals surface area contributed by atoms with Gasteiger partial charge in [0.15, 0.2) is 0 Å². The number of morpholine rings is 1. The SMILES string of the molecule is Cc1ccc(C(CNC(=O)CC(C2CC2)C2CC2)N2CCOCC2)cc1. The fraction of sp³-hybridized carbons (Fsp3) is 0.682. The Labute approximate surface area is 157 Å². The van der Waals surface area contributed by atoms with E-state index < -0.39 is 0 Å². The summed E-state index contributed by atoms with van der Waals surface area (Å²) >= 11 is 0. The molecule has 2 saturated carbocycles. The smallest absolute Gasteiger partial charge is 0.220 e. The lowest BCUT2D eigenvalue weighted by Gasteiger charge is -2.35. The number of benzene rings is 1. The molecule has 1 aromatic carbocycles. The molecule has 3 fully saturated rings. The Morgan fingerprint density at radius 2 is 1.73 bits per heavy atom. The minimum absolute atomic E-state index is 0.240. The average Bonchev–Trinajstić information content (AvgIpc) is 3.56. The van der Waals surface area contributed by atoms with E-state index in [4.69, 9.17) is 4.74 Å². The number of carbonyl (C=O) groups excluding carboxylic acids is 1. The zero-order valence-corrected chi connectivity index (χ0v) is 16.0. The minimum atomic E-state index is 0.240. The second kappa shape index (κ2) is 8.10. The Hall–Kier alpha value is -1.39. The minimum Gasteiger partial charge on any atom is -0.379 e. The van der Waals surface area contributed by atoms with Gasteiger partial charge in [-0.3, -0.25) is 9.69 Å². The summed E-state index contributed by atoms with van der Waals surface area (Å²) in [5, 5.41) is 3.27. The van der Waals surface area contributed by atoms with Crippen LogP contribution in [0.25, 0.3) is 0 Å². The van der Waals surface area contributed by atoms with Gasteiger partial charge < -0.3 is 10.1 Å². The lowest BCUT2D eigenvalue weighted by atomic mass is 9.93. The number of aryl methyl sites for hydroxylation is 1. The molecule has 1 amide bonds. The number of rotatable bonds is 8. The summed E-state index contributed by atoms with van der Waals surface area (Å²) in [6, 6.07) is 8.99. The number of hydrogen-bond donors (Lipinski definition) is 1. The summed E-state index contributed by atoms with van der Waals surface area (Å²) in [5.41, 5.74) is 2.56. The molecule has 0 bridgehead atoms. The Balaban J connectivity index is 1.37. The molecule has 0 spiro atoms. The van der Waals surface area contributed by atoms with Gasteiger partial charge in [0, 0.05) is 26.1 Å². The molecule has 1 aromatic rings. The Morgan fingerprint density at radius 3 is 2.31 bits per heavy atom. The van der Waals surface area contributed by atoms with Gasteiger partial charge in [0.25, 0.3) is 0 Å². The Kier molecular flexibility index (Phi) is 5.60. The van der Waals surface area contributed by atoms with E-state index in [9.17, 15) is 4.79 Å². The molecule has 1 saturated heterocycles. The van der Waals surface area contributed by atoms with Crippen LogP contribution >= 0.6 is 0 Å². The lowest BCUT2D eigenvalue weighted by Crippen LogP contribution is -2.44. The third kappa shape index (κ3) is 4.66.